The first-order chi connectivity index (χ1) is 10.7. The third-order valence-electron chi connectivity index (χ3n) is 3.69. The van der Waals surface area contributed by atoms with Crippen LogP contribution in [0.2, 0.25) is 5.02 Å². The Balaban J connectivity index is 1.51. The maximum atomic E-state index is 12.2. The van der Waals surface area contributed by atoms with E-state index in [-0.39, 0.29) is 5.91 Å². The Morgan fingerprint density at radius 3 is 2.55 bits per heavy atom. The number of thioether (sulfide) groups is 1. The molecule has 2 aromatic rings. The third kappa shape index (κ3) is 3.87. The summed E-state index contributed by atoms with van der Waals surface area (Å²) >= 11 is 7.63. The molecule has 1 aromatic heterocycles. The van der Waals surface area contributed by atoms with E-state index in [2.05, 4.69) is 0 Å². The molecule has 1 aliphatic heterocycles. The number of likely N-dealkylation sites (tertiary alicyclic amines) is 1. The number of benzene rings is 1. The van der Waals surface area contributed by atoms with Gasteiger partial charge in [0, 0.05) is 23.9 Å². The Morgan fingerprint density at radius 2 is 1.82 bits per heavy atom. The van der Waals surface area contributed by atoms with Crippen LogP contribution in [-0.4, -0.2) is 23.9 Å². The summed E-state index contributed by atoms with van der Waals surface area (Å²) in [5.41, 5.74) is 1.23. The molecule has 0 radical (unpaired) electrons. The lowest BCUT2D eigenvalue weighted by atomic mass is 10.2. The summed E-state index contributed by atoms with van der Waals surface area (Å²) in [6.45, 7) is 1.69. The topological polar surface area (TPSA) is 33.5 Å². The van der Waals surface area contributed by atoms with Gasteiger partial charge in [0.05, 0.1) is 5.75 Å². The molecule has 0 bridgehead atoms. The van der Waals surface area contributed by atoms with E-state index in [0.717, 1.165) is 48.2 Å². The number of hydrogen-bond acceptors (Lipinski definition) is 3. The summed E-state index contributed by atoms with van der Waals surface area (Å²) in [5.74, 6) is 2.99. The number of furan rings is 1. The molecular formula is C17H18ClNO2S. The van der Waals surface area contributed by atoms with Crippen LogP contribution >= 0.6 is 23.4 Å². The molecule has 2 heterocycles. The lowest BCUT2D eigenvalue weighted by Gasteiger charge is -2.12. The average Bonchev–Trinajstić information content (AvgIpc) is 3.20. The maximum Gasteiger partial charge on any atom is 0.289 e. The van der Waals surface area contributed by atoms with E-state index >= 15 is 0 Å². The highest BCUT2D eigenvalue weighted by Gasteiger charge is 2.22. The van der Waals surface area contributed by atoms with Crippen LogP contribution in [0.15, 0.2) is 40.8 Å². The van der Waals surface area contributed by atoms with Crippen molar-refractivity contribution in [3.05, 3.63) is 58.5 Å². The molecule has 1 aromatic carbocycles. The normalized spacial score (nSPS) is 14.5. The molecule has 0 atom stereocenters. The van der Waals surface area contributed by atoms with Gasteiger partial charge >= 0.3 is 0 Å². The maximum absolute atomic E-state index is 12.2. The van der Waals surface area contributed by atoms with Gasteiger partial charge in [-0.25, -0.2) is 0 Å². The van der Waals surface area contributed by atoms with Crippen molar-refractivity contribution in [3.63, 3.8) is 0 Å². The van der Waals surface area contributed by atoms with Gasteiger partial charge in [-0.05, 0) is 42.7 Å². The standard InChI is InChI=1S/C17H18ClNO2S/c18-14-5-3-13(4-6-14)11-22-12-15-7-8-16(21-15)17(20)19-9-1-2-10-19/h3-8H,1-2,9-12H2. The first-order valence-electron chi connectivity index (χ1n) is 7.42. The zero-order valence-corrected chi connectivity index (χ0v) is 13.8. The number of carbonyl (C=O) groups excluding carboxylic acids is 1. The van der Waals surface area contributed by atoms with Gasteiger partial charge in [-0.15, -0.1) is 11.8 Å². The minimum Gasteiger partial charge on any atom is -0.455 e. The second-order valence-corrected chi connectivity index (χ2v) is 6.81. The molecule has 3 nitrogen and oxygen atoms in total. The van der Waals surface area contributed by atoms with Crippen LogP contribution in [0.1, 0.15) is 34.7 Å². The number of carbonyl (C=O) groups is 1. The van der Waals surface area contributed by atoms with Crippen molar-refractivity contribution in [1.82, 2.24) is 4.90 Å². The molecule has 0 N–H and O–H groups in total. The number of rotatable bonds is 5. The average molecular weight is 336 g/mol. The number of nitrogens with zero attached hydrogens (tertiary/aromatic N) is 1. The first-order valence-corrected chi connectivity index (χ1v) is 8.96. The summed E-state index contributed by atoms with van der Waals surface area (Å²) in [7, 11) is 0. The molecule has 0 saturated carbocycles. The molecule has 1 saturated heterocycles. The van der Waals surface area contributed by atoms with E-state index in [4.69, 9.17) is 16.0 Å². The SMILES string of the molecule is O=C(c1ccc(CSCc2ccc(Cl)cc2)o1)N1CCCC1. The second kappa shape index (κ2) is 7.25. The predicted molar refractivity (Wildman–Crippen MR) is 90.3 cm³/mol. The molecule has 5 heteroatoms. The Hall–Kier alpha value is -1.39. The minimum atomic E-state index is 0.0199. The van der Waals surface area contributed by atoms with Gasteiger partial charge in [0.2, 0.25) is 0 Å². The van der Waals surface area contributed by atoms with Crippen molar-refractivity contribution >= 4 is 29.3 Å². The third-order valence-corrected chi connectivity index (χ3v) is 4.97. The molecule has 0 aliphatic carbocycles. The summed E-state index contributed by atoms with van der Waals surface area (Å²) in [6, 6.07) is 11.5. The highest BCUT2D eigenvalue weighted by molar-refractivity contribution is 7.97. The summed E-state index contributed by atoms with van der Waals surface area (Å²) < 4.78 is 5.68. The molecule has 3 rings (SSSR count). The number of amides is 1. The molecule has 1 amide bonds. The van der Waals surface area contributed by atoms with E-state index < -0.39 is 0 Å². The zero-order chi connectivity index (χ0) is 15.4. The van der Waals surface area contributed by atoms with E-state index in [1.54, 1.807) is 17.8 Å². The fourth-order valence-electron chi connectivity index (χ4n) is 2.50. The van der Waals surface area contributed by atoms with Crippen LogP contribution in [-0.2, 0) is 11.5 Å². The summed E-state index contributed by atoms with van der Waals surface area (Å²) in [4.78, 5) is 14.1. The van der Waals surface area contributed by atoms with Crippen molar-refractivity contribution in [2.45, 2.75) is 24.3 Å². The van der Waals surface area contributed by atoms with Gasteiger partial charge in [0.25, 0.3) is 5.91 Å². The summed E-state index contributed by atoms with van der Waals surface area (Å²) in [6.07, 6.45) is 2.19. The highest BCUT2D eigenvalue weighted by Crippen LogP contribution is 2.22. The fourth-order valence-corrected chi connectivity index (χ4v) is 3.51. The molecule has 1 fully saturated rings. The number of hydrogen-bond donors (Lipinski definition) is 0. The summed E-state index contributed by atoms with van der Waals surface area (Å²) in [5, 5.41) is 0.754. The van der Waals surface area contributed by atoms with Gasteiger partial charge in [-0.2, -0.15) is 0 Å². The van der Waals surface area contributed by atoms with Gasteiger partial charge in [0.1, 0.15) is 5.76 Å². The molecular weight excluding hydrogens is 318 g/mol. The molecule has 0 spiro atoms. The van der Waals surface area contributed by atoms with Crippen molar-refractivity contribution in [1.29, 1.82) is 0 Å². The van der Waals surface area contributed by atoms with Crippen molar-refractivity contribution < 1.29 is 9.21 Å². The Morgan fingerprint density at radius 1 is 1.09 bits per heavy atom. The van der Waals surface area contributed by atoms with Crippen LogP contribution < -0.4 is 0 Å². The predicted octanol–water partition coefficient (Wildman–Crippen LogP) is 4.60. The van der Waals surface area contributed by atoms with Gasteiger partial charge < -0.3 is 9.32 Å². The lowest BCUT2D eigenvalue weighted by Crippen LogP contribution is -2.27. The molecule has 0 unspecified atom stereocenters. The van der Waals surface area contributed by atoms with Crippen LogP contribution in [0.4, 0.5) is 0 Å². The Kier molecular flexibility index (Phi) is 5.11. The number of halogens is 1. The molecule has 116 valence electrons. The highest BCUT2D eigenvalue weighted by atomic mass is 35.5. The van der Waals surface area contributed by atoms with E-state index in [0.29, 0.717) is 5.76 Å². The largest absolute Gasteiger partial charge is 0.455 e. The quantitative estimate of drug-likeness (QED) is 0.800. The van der Waals surface area contributed by atoms with Gasteiger partial charge in [0.15, 0.2) is 5.76 Å². The molecule has 1 aliphatic rings. The lowest BCUT2D eigenvalue weighted by molar-refractivity contribution is 0.0760. The van der Waals surface area contributed by atoms with Crippen molar-refractivity contribution in [2.24, 2.45) is 0 Å². The fraction of sp³-hybridized carbons (Fsp3) is 0.353. The van der Waals surface area contributed by atoms with Crippen molar-refractivity contribution in [2.75, 3.05) is 13.1 Å². The van der Waals surface area contributed by atoms with E-state index in [9.17, 15) is 4.79 Å². The van der Waals surface area contributed by atoms with Crippen LogP contribution in [0, 0.1) is 0 Å². The van der Waals surface area contributed by atoms with E-state index in [1.165, 1.54) is 5.56 Å². The van der Waals surface area contributed by atoms with Gasteiger partial charge in [-0.1, -0.05) is 23.7 Å². The minimum absolute atomic E-state index is 0.0199. The Labute approximate surface area is 139 Å². The first kappa shape index (κ1) is 15.5. The monoisotopic (exact) mass is 335 g/mol. The van der Waals surface area contributed by atoms with Crippen LogP contribution in [0.5, 0.6) is 0 Å². The smallest absolute Gasteiger partial charge is 0.289 e. The second-order valence-electron chi connectivity index (χ2n) is 5.38. The Bertz CT molecular complexity index is 632. The van der Waals surface area contributed by atoms with Crippen LogP contribution in [0.3, 0.4) is 0 Å². The van der Waals surface area contributed by atoms with Gasteiger partial charge in [-0.3, -0.25) is 4.79 Å². The van der Waals surface area contributed by atoms with Crippen molar-refractivity contribution in [3.8, 4) is 0 Å². The van der Waals surface area contributed by atoms with Crippen LogP contribution in [0.25, 0.3) is 0 Å². The zero-order valence-electron chi connectivity index (χ0n) is 12.3. The van der Waals surface area contributed by atoms with E-state index in [1.807, 2.05) is 35.2 Å². The molecule has 22 heavy (non-hydrogen) atoms.